The molecule has 1 aromatic heterocycles. The molecule has 2 atom stereocenters. The number of nitrogens with zero attached hydrogens (tertiary/aromatic N) is 2. The van der Waals surface area contributed by atoms with Crippen molar-refractivity contribution in [1.82, 2.24) is 9.47 Å². The smallest absolute Gasteiger partial charge is 0.276 e. The van der Waals surface area contributed by atoms with Crippen molar-refractivity contribution in [3.05, 3.63) is 87.3 Å². The lowest BCUT2D eigenvalue weighted by Gasteiger charge is -2.44. The largest absolute Gasteiger partial charge is 0.503 e. The van der Waals surface area contributed by atoms with E-state index in [1.807, 2.05) is 55.5 Å². The molecule has 1 N–H and O–H groups in total. The molecule has 0 spiro atoms. The molecule has 34 heavy (non-hydrogen) atoms. The van der Waals surface area contributed by atoms with Crippen LogP contribution in [0.25, 0.3) is 11.1 Å². The van der Waals surface area contributed by atoms with E-state index in [2.05, 4.69) is 0 Å². The Kier molecular flexibility index (Phi) is 4.71. The predicted molar refractivity (Wildman–Crippen MR) is 125 cm³/mol. The summed E-state index contributed by atoms with van der Waals surface area (Å²) in [7, 11) is 0. The van der Waals surface area contributed by atoms with Gasteiger partial charge in [0, 0.05) is 24.6 Å². The van der Waals surface area contributed by atoms with Gasteiger partial charge >= 0.3 is 0 Å². The molecule has 172 valence electrons. The molecule has 1 aliphatic carbocycles. The Balaban J connectivity index is 1.38. The second-order valence-corrected chi connectivity index (χ2v) is 9.25. The number of aromatic nitrogens is 1. The predicted octanol–water partition coefficient (Wildman–Crippen LogP) is 3.53. The average molecular weight is 456 g/mol. The van der Waals surface area contributed by atoms with Gasteiger partial charge in [-0.25, -0.2) is 0 Å². The fraction of sp³-hybridized carbons (Fsp3) is 0.296. The molecule has 7 heteroatoms. The molecule has 3 aliphatic rings. The maximum Gasteiger partial charge on any atom is 0.276 e. The molecular weight excluding hydrogens is 432 g/mol. The standard InChI is InChI=1S/C27H24N2O5/c1-15-10-11-34-23-14-28-13-21(25(31)26(32)24(28)27(33)29(15)23)22(30)12-20-18-8-4-2-6-16(18)17-7-3-5-9-19(17)20/h2-9,13,15,20,23,32H,10-12,14H2,1H3/t15-,23+/m1/s1. The molecule has 3 heterocycles. The van der Waals surface area contributed by atoms with E-state index in [-0.39, 0.29) is 42.0 Å². The van der Waals surface area contributed by atoms with E-state index in [1.54, 1.807) is 4.90 Å². The molecule has 0 bridgehead atoms. The van der Waals surface area contributed by atoms with Crippen LogP contribution < -0.4 is 5.43 Å². The van der Waals surface area contributed by atoms with Crippen LogP contribution in [0.3, 0.4) is 0 Å². The highest BCUT2D eigenvalue weighted by atomic mass is 16.5. The van der Waals surface area contributed by atoms with Crippen LogP contribution in [0.2, 0.25) is 0 Å². The maximum atomic E-state index is 13.4. The zero-order valence-electron chi connectivity index (χ0n) is 18.7. The van der Waals surface area contributed by atoms with E-state index in [4.69, 9.17) is 4.74 Å². The summed E-state index contributed by atoms with van der Waals surface area (Å²) in [4.78, 5) is 41.2. The summed E-state index contributed by atoms with van der Waals surface area (Å²) in [6, 6.07) is 15.9. The molecule has 6 rings (SSSR count). The van der Waals surface area contributed by atoms with Crippen LogP contribution in [-0.2, 0) is 11.3 Å². The number of carbonyl (C=O) groups excluding carboxylic acids is 2. The molecule has 2 aromatic carbocycles. The van der Waals surface area contributed by atoms with Crippen LogP contribution in [-0.4, -0.2) is 45.1 Å². The van der Waals surface area contributed by atoms with E-state index in [1.165, 1.54) is 10.8 Å². The highest BCUT2D eigenvalue weighted by Crippen LogP contribution is 2.46. The van der Waals surface area contributed by atoms with Gasteiger partial charge in [-0.2, -0.15) is 0 Å². The molecule has 1 saturated heterocycles. The van der Waals surface area contributed by atoms with E-state index in [9.17, 15) is 19.5 Å². The minimum absolute atomic E-state index is 0.0571. The fourth-order valence-electron chi connectivity index (χ4n) is 5.63. The molecule has 1 amide bonds. The first-order valence-corrected chi connectivity index (χ1v) is 11.6. The molecule has 1 fully saturated rings. The third-order valence-corrected chi connectivity index (χ3v) is 7.33. The fourth-order valence-corrected chi connectivity index (χ4v) is 5.63. The minimum atomic E-state index is -0.798. The van der Waals surface area contributed by atoms with Gasteiger partial charge < -0.3 is 19.3 Å². The van der Waals surface area contributed by atoms with Gasteiger partial charge in [0.1, 0.15) is 0 Å². The average Bonchev–Trinajstić information content (AvgIpc) is 3.15. The first kappa shape index (κ1) is 20.9. The van der Waals surface area contributed by atoms with E-state index < -0.39 is 23.3 Å². The number of ether oxygens (including phenoxy) is 1. The number of carbonyl (C=O) groups is 2. The van der Waals surface area contributed by atoms with Crippen LogP contribution >= 0.6 is 0 Å². The SMILES string of the molecule is C[C@@H]1CCO[C@H]2Cn3cc(C(=O)CC4c5ccccc5-c5ccccc54)c(=O)c(O)c3C(=O)N12. The Labute approximate surface area is 196 Å². The second kappa shape index (κ2) is 7.67. The number of fused-ring (bicyclic) bond motifs is 5. The zero-order valence-corrected chi connectivity index (χ0v) is 18.7. The Morgan fingerprint density at radius 1 is 1.06 bits per heavy atom. The van der Waals surface area contributed by atoms with Gasteiger partial charge in [0.25, 0.3) is 5.91 Å². The Bertz CT molecular complexity index is 1360. The van der Waals surface area contributed by atoms with Crippen molar-refractivity contribution in [2.45, 2.75) is 44.5 Å². The van der Waals surface area contributed by atoms with Crippen LogP contribution in [0.15, 0.2) is 59.5 Å². The molecule has 3 aromatic rings. The molecule has 0 unspecified atom stereocenters. The van der Waals surface area contributed by atoms with E-state index in [0.717, 1.165) is 22.3 Å². The number of benzene rings is 2. The number of hydrogen-bond donors (Lipinski definition) is 1. The topological polar surface area (TPSA) is 88.8 Å². The lowest BCUT2D eigenvalue weighted by Crippen LogP contribution is -2.57. The number of pyridine rings is 1. The number of hydrogen-bond acceptors (Lipinski definition) is 5. The Morgan fingerprint density at radius 2 is 1.71 bits per heavy atom. The van der Waals surface area contributed by atoms with Crippen LogP contribution in [0.1, 0.15) is 57.7 Å². The number of aromatic hydroxyl groups is 1. The lowest BCUT2D eigenvalue weighted by molar-refractivity contribution is -0.112. The van der Waals surface area contributed by atoms with Crippen molar-refractivity contribution in [3.63, 3.8) is 0 Å². The monoisotopic (exact) mass is 456 g/mol. The van der Waals surface area contributed by atoms with Gasteiger partial charge in [-0.05, 0) is 35.6 Å². The summed E-state index contributed by atoms with van der Waals surface area (Å²) in [5.41, 5.74) is 3.31. The molecular formula is C27H24N2O5. The van der Waals surface area contributed by atoms with Gasteiger partial charge in [0.15, 0.2) is 23.5 Å². The molecule has 7 nitrogen and oxygen atoms in total. The molecule has 0 saturated carbocycles. The minimum Gasteiger partial charge on any atom is -0.503 e. The normalized spacial score (nSPS) is 21.0. The lowest BCUT2D eigenvalue weighted by atomic mass is 9.90. The number of rotatable bonds is 3. The van der Waals surface area contributed by atoms with Crippen LogP contribution in [0, 0.1) is 0 Å². The summed E-state index contributed by atoms with van der Waals surface area (Å²) in [5, 5.41) is 10.7. The maximum absolute atomic E-state index is 13.4. The van der Waals surface area contributed by atoms with Crippen LogP contribution in [0.4, 0.5) is 0 Å². The van der Waals surface area contributed by atoms with Crippen molar-refractivity contribution in [1.29, 1.82) is 0 Å². The van der Waals surface area contributed by atoms with Gasteiger partial charge in [0.05, 0.1) is 18.7 Å². The van der Waals surface area contributed by atoms with Crippen LogP contribution in [0.5, 0.6) is 5.75 Å². The van der Waals surface area contributed by atoms with Gasteiger partial charge in [0.2, 0.25) is 5.43 Å². The first-order chi connectivity index (χ1) is 16.5. The van der Waals surface area contributed by atoms with Gasteiger partial charge in [-0.3, -0.25) is 14.4 Å². The third kappa shape index (κ3) is 2.97. The first-order valence-electron chi connectivity index (χ1n) is 11.6. The zero-order chi connectivity index (χ0) is 23.6. The summed E-state index contributed by atoms with van der Waals surface area (Å²) >= 11 is 0. The van der Waals surface area contributed by atoms with Crippen molar-refractivity contribution in [2.75, 3.05) is 6.61 Å². The van der Waals surface area contributed by atoms with Crippen molar-refractivity contribution >= 4 is 11.7 Å². The molecule has 2 aliphatic heterocycles. The number of ketones is 1. The van der Waals surface area contributed by atoms with Gasteiger partial charge in [-0.1, -0.05) is 48.5 Å². The Hall–Kier alpha value is -3.71. The summed E-state index contributed by atoms with van der Waals surface area (Å²) in [6.07, 6.45) is 1.72. The summed E-state index contributed by atoms with van der Waals surface area (Å²) in [6.45, 7) is 2.71. The van der Waals surface area contributed by atoms with Gasteiger partial charge in [-0.15, -0.1) is 0 Å². The van der Waals surface area contributed by atoms with Crippen molar-refractivity contribution in [3.8, 4) is 16.9 Å². The van der Waals surface area contributed by atoms with E-state index in [0.29, 0.717) is 13.0 Å². The number of Topliss-reactive ketones (excluding diaryl/α,β-unsaturated/α-hetero) is 1. The Morgan fingerprint density at radius 3 is 2.38 bits per heavy atom. The van der Waals surface area contributed by atoms with E-state index >= 15 is 0 Å². The third-order valence-electron chi connectivity index (χ3n) is 7.33. The quantitative estimate of drug-likeness (QED) is 0.609. The highest BCUT2D eigenvalue weighted by molar-refractivity contribution is 6.01. The van der Waals surface area contributed by atoms with Crippen molar-refractivity contribution in [2.24, 2.45) is 0 Å². The van der Waals surface area contributed by atoms with Crippen molar-refractivity contribution < 1.29 is 19.4 Å². The second-order valence-electron chi connectivity index (χ2n) is 9.25. The molecule has 0 radical (unpaired) electrons. The highest BCUT2D eigenvalue weighted by Gasteiger charge is 2.41. The number of amides is 1. The summed E-state index contributed by atoms with van der Waals surface area (Å²) in [5.74, 6) is -1.66. The summed E-state index contributed by atoms with van der Waals surface area (Å²) < 4.78 is 7.28.